The van der Waals surface area contributed by atoms with Crippen molar-refractivity contribution in [2.24, 2.45) is 0 Å². The van der Waals surface area contributed by atoms with E-state index in [1.807, 2.05) is 31.2 Å². The van der Waals surface area contributed by atoms with Gasteiger partial charge in [0.05, 0.1) is 11.6 Å². The average molecular weight is 515 g/mol. The van der Waals surface area contributed by atoms with Crippen LogP contribution in [0.25, 0.3) is 11.0 Å². The minimum absolute atomic E-state index is 0.00958. The van der Waals surface area contributed by atoms with Crippen molar-refractivity contribution in [3.8, 4) is 0 Å². The lowest BCUT2D eigenvalue weighted by molar-refractivity contribution is -0.117. The van der Waals surface area contributed by atoms with Gasteiger partial charge in [-0.3, -0.25) is 19.3 Å². The molecule has 1 aliphatic rings. The molecule has 8 heteroatoms. The van der Waals surface area contributed by atoms with Crippen LogP contribution in [-0.2, 0) is 16.0 Å². The van der Waals surface area contributed by atoms with Crippen molar-refractivity contribution in [2.75, 3.05) is 10.2 Å². The molecule has 2 heterocycles. The van der Waals surface area contributed by atoms with Crippen molar-refractivity contribution in [2.45, 2.75) is 26.3 Å². The highest BCUT2D eigenvalue weighted by Crippen LogP contribution is 2.42. The fourth-order valence-electron chi connectivity index (χ4n) is 4.52. The Kier molecular flexibility index (Phi) is 6.31. The number of aliphatic hydroxyl groups is 1. The molecule has 1 unspecified atom stereocenters. The topological polar surface area (TPSA) is 99.8 Å². The maximum Gasteiger partial charge on any atom is 0.294 e. The molecule has 7 nitrogen and oxygen atoms in total. The summed E-state index contributed by atoms with van der Waals surface area (Å²) in [5, 5.41) is 14.8. The van der Waals surface area contributed by atoms with Crippen LogP contribution in [0.1, 0.15) is 41.6 Å². The first-order chi connectivity index (χ1) is 17.8. The first-order valence-corrected chi connectivity index (χ1v) is 12.1. The molecule has 2 amide bonds. The van der Waals surface area contributed by atoms with Crippen LogP contribution >= 0.6 is 11.6 Å². The van der Waals surface area contributed by atoms with Crippen molar-refractivity contribution in [3.05, 3.63) is 106 Å². The van der Waals surface area contributed by atoms with Gasteiger partial charge in [0.2, 0.25) is 11.7 Å². The molecular formula is C29H23ClN2O5. The van der Waals surface area contributed by atoms with Crippen LogP contribution in [0, 0.1) is 0 Å². The number of ketones is 1. The van der Waals surface area contributed by atoms with Crippen LogP contribution < -0.4 is 10.2 Å². The number of anilines is 2. The summed E-state index contributed by atoms with van der Waals surface area (Å²) in [5.41, 5.74) is 3.14. The van der Waals surface area contributed by atoms with Crippen LogP contribution in [0.15, 0.2) is 88.5 Å². The monoisotopic (exact) mass is 514 g/mol. The van der Waals surface area contributed by atoms with Crippen molar-refractivity contribution in [1.29, 1.82) is 0 Å². The van der Waals surface area contributed by atoms with E-state index >= 15 is 0 Å². The van der Waals surface area contributed by atoms with Crippen LogP contribution in [0.2, 0.25) is 5.02 Å². The van der Waals surface area contributed by atoms with E-state index in [0.717, 1.165) is 12.0 Å². The largest absolute Gasteiger partial charge is 0.503 e. The van der Waals surface area contributed by atoms with Gasteiger partial charge in [-0.1, -0.05) is 42.8 Å². The summed E-state index contributed by atoms with van der Waals surface area (Å²) < 4.78 is 5.77. The number of amides is 2. The third-order valence-electron chi connectivity index (χ3n) is 6.32. The Hall–Kier alpha value is -4.36. The number of aryl methyl sites for hydroxylation is 1. The molecule has 1 aliphatic heterocycles. The van der Waals surface area contributed by atoms with E-state index in [4.69, 9.17) is 16.0 Å². The summed E-state index contributed by atoms with van der Waals surface area (Å²) in [6, 6.07) is 19.8. The second-order valence-corrected chi connectivity index (χ2v) is 9.22. The SMILES string of the molecule is CCc1ccc(C2C(C(=O)c3cc4cc(Cl)ccc4o3)=C(O)C(=O)N2c2ccc(NC(C)=O)cc2)cc1. The summed E-state index contributed by atoms with van der Waals surface area (Å²) in [7, 11) is 0. The lowest BCUT2D eigenvalue weighted by Crippen LogP contribution is -2.31. The molecule has 0 bridgehead atoms. The van der Waals surface area contributed by atoms with Crippen molar-refractivity contribution >= 4 is 51.5 Å². The highest BCUT2D eigenvalue weighted by molar-refractivity contribution is 6.31. The maximum absolute atomic E-state index is 13.7. The summed E-state index contributed by atoms with van der Waals surface area (Å²) in [6.07, 6.45) is 0.826. The van der Waals surface area contributed by atoms with Crippen LogP contribution in [-0.4, -0.2) is 22.7 Å². The first-order valence-electron chi connectivity index (χ1n) is 11.7. The van der Waals surface area contributed by atoms with Gasteiger partial charge in [0.25, 0.3) is 5.91 Å². The third kappa shape index (κ3) is 4.49. The van der Waals surface area contributed by atoms with E-state index in [9.17, 15) is 19.5 Å². The number of Topliss-reactive ketones (excluding diaryl/α,β-unsaturated/α-hetero) is 1. The molecule has 1 atom stereocenters. The molecule has 0 fully saturated rings. The zero-order chi connectivity index (χ0) is 26.3. The summed E-state index contributed by atoms with van der Waals surface area (Å²) in [4.78, 5) is 39.9. The molecule has 2 N–H and O–H groups in total. The predicted molar refractivity (Wildman–Crippen MR) is 142 cm³/mol. The van der Waals surface area contributed by atoms with Crippen LogP contribution in [0.5, 0.6) is 0 Å². The van der Waals surface area contributed by atoms with Gasteiger partial charge in [-0.05, 0) is 66.1 Å². The minimum atomic E-state index is -0.894. The molecule has 0 radical (unpaired) electrons. The molecule has 37 heavy (non-hydrogen) atoms. The van der Waals surface area contributed by atoms with Gasteiger partial charge in [-0.25, -0.2) is 0 Å². The Balaban J connectivity index is 1.60. The van der Waals surface area contributed by atoms with Gasteiger partial charge in [0.1, 0.15) is 5.58 Å². The van der Waals surface area contributed by atoms with Crippen LogP contribution in [0.4, 0.5) is 11.4 Å². The van der Waals surface area contributed by atoms with Gasteiger partial charge in [0, 0.05) is 28.7 Å². The van der Waals surface area contributed by atoms with Crippen molar-refractivity contribution in [1.82, 2.24) is 0 Å². The number of hydrogen-bond donors (Lipinski definition) is 2. The maximum atomic E-state index is 13.7. The van der Waals surface area contributed by atoms with E-state index in [2.05, 4.69) is 5.32 Å². The first kappa shape index (κ1) is 24.3. The quantitative estimate of drug-likeness (QED) is 0.290. The van der Waals surface area contributed by atoms with Gasteiger partial charge in [-0.2, -0.15) is 0 Å². The normalized spacial score (nSPS) is 15.5. The zero-order valence-corrected chi connectivity index (χ0v) is 20.9. The Morgan fingerprint density at radius 3 is 2.38 bits per heavy atom. The molecule has 4 aromatic rings. The number of halogens is 1. The number of furan rings is 1. The average Bonchev–Trinajstić information content (AvgIpc) is 3.42. The number of aliphatic hydroxyl groups excluding tert-OH is 1. The third-order valence-corrected chi connectivity index (χ3v) is 6.56. The molecule has 186 valence electrons. The molecule has 0 saturated carbocycles. The molecule has 0 saturated heterocycles. The summed E-state index contributed by atoms with van der Waals surface area (Å²) in [6.45, 7) is 3.44. The summed E-state index contributed by atoms with van der Waals surface area (Å²) >= 11 is 6.08. The lowest BCUT2D eigenvalue weighted by Gasteiger charge is -2.27. The van der Waals surface area contributed by atoms with Gasteiger partial charge in [-0.15, -0.1) is 0 Å². The second-order valence-electron chi connectivity index (χ2n) is 8.79. The highest BCUT2D eigenvalue weighted by atomic mass is 35.5. The predicted octanol–water partition coefficient (Wildman–Crippen LogP) is 6.39. The molecule has 0 spiro atoms. The van der Waals surface area contributed by atoms with Gasteiger partial charge < -0.3 is 14.8 Å². The summed E-state index contributed by atoms with van der Waals surface area (Å²) in [5.74, 6) is -2.18. The Morgan fingerprint density at radius 2 is 1.73 bits per heavy atom. The van der Waals surface area contributed by atoms with E-state index in [0.29, 0.717) is 32.9 Å². The number of benzene rings is 3. The van der Waals surface area contributed by atoms with E-state index in [-0.39, 0.29) is 17.2 Å². The number of rotatable bonds is 6. The second kappa shape index (κ2) is 9.59. The zero-order valence-electron chi connectivity index (χ0n) is 20.1. The van der Waals surface area contributed by atoms with Crippen molar-refractivity contribution in [3.63, 3.8) is 0 Å². The lowest BCUT2D eigenvalue weighted by atomic mass is 9.94. The standard InChI is InChI=1S/C29H23ClN2O5/c1-3-17-4-6-18(7-5-17)26-25(27(34)24-15-19-14-20(30)8-13-23(19)37-24)28(35)29(36)32(26)22-11-9-21(10-12-22)31-16(2)33/h4-15,26,35H,3H2,1-2H3,(H,31,33). The number of carbonyl (C=O) groups excluding carboxylic acids is 3. The van der Waals surface area contributed by atoms with E-state index in [1.54, 1.807) is 48.5 Å². The van der Waals surface area contributed by atoms with E-state index < -0.39 is 23.5 Å². The molecular weight excluding hydrogens is 492 g/mol. The molecule has 5 rings (SSSR count). The Morgan fingerprint density at radius 1 is 1.03 bits per heavy atom. The molecule has 1 aromatic heterocycles. The highest BCUT2D eigenvalue weighted by Gasteiger charge is 2.45. The van der Waals surface area contributed by atoms with E-state index in [1.165, 1.54) is 11.8 Å². The number of fused-ring (bicyclic) bond motifs is 1. The van der Waals surface area contributed by atoms with Crippen molar-refractivity contribution < 1.29 is 23.9 Å². The molecule has 0 aliphatic carbocycles. The number of nitrogens with zero attached hydrogens (tertiary/aromatic N) is 1. The minimum Gasteiger partial charge on any atom is -0.503 e. The Labute approximate surface area is 218 Å². The smallest absolute Gasteiger partial charge is 0.294 e. The van der Waals surface area contributed by atoms with Crippen LogP contribution in [0.3, 0.4) is 0 Å². The fourth-order valence-corrected chi connectivity index (χ4v) is 4.70. The van der Waals surface area contributed by atoms with Gasteiger partial charge in [0.15, 0.2) is 11.5 Å². The number of hydrogen-bond acceptors (Lipinski definition) is 5. The fraction of sp³-hybridized carbons (Fsp3) is 0.138. The molecule has 3 aromatic carbocycles. The van der Waals surface area contributed by atoms with Gasteiger partial charge >= 0.3 is 0 Å². The number of nitrogens with one attached hydrogen (secondary N) is 1. The number of carbonyl (C=O) groups is 3. The Bertz CT molecular complexity index is 1570.